The van der Waals surface area contributed by atoms with Gasteiger partial charge in [-0.15, -0.1) is 0 Å². The molecular weight excluding hydrogens is 358 g/mol. The Kier molecular flexibility index (Phi) is 5.20. The number of nitrogens with zero attached hydrogens (tertiary/aromatic N) is 1. The molecule has 0 atom stereocenters. The van der Waals surface area contributed by atoms with Crippen LogP contribution in [0.25, 0.3) is 0 Å². The van der Waals surface area contributed by atoms with Gasteiger partial charge in [0.1, 0.15) is 5.75 Å². The summed E-state index contributed by atoms with van der Waals surface area (Å²) in [6.07, 6.45) is 4.50. The van der Waals surface area contributed by atoms with Crippen molar-refractivity contribution in [3.8, 4) is 5.75 Å². The Labute approximate surface area is 124 Å². The van der Waals surface area contributed by atoms with Crippen LogP contribution in [0.5, 0.6) is 5.75 Å². The van der Waals surface area contributed by atoms with E-state index in [0.29, 0.717) is 6.61 Å². The third-order valence-corrected chi connectivity index (χ3v) is 3.66. The molecule has 18 heavy (non-hydrogen) atoms. The number of pyridine rings is 1. The maximum Gasteiger partial charge on any atom is 0.123 e. The van der Waals surface area contributed by atoms with Crippen LogP contribution < -0.4 is 4.74 Å². The van der Waals surface area contributed by atoms with Crippen molar-refractivity contribution in [3.05, 3.63) is 58.3 Å². The molecule has 0 amide bonds. The highest BCUT2D eigenvalue weighted by atomic mass is 79.9. The van der Waals surface area contributed by atoms with E-state index in [9.17, 15) is 0 Å². The topological polar surface area (TPSA) is 22.1 Å². The predicted octanol–water partition coefficient (Wildman–Crippen LogP) is 4.36. The van der Waals surface area contributed by atoms with Gasteiger partial charge in [0.2, 0.25) is 0 Å². The summed E-state index contributed by atoms with van der Waals surface area (Å²) < 4.78 is 6.88. The molecule has 2 aromatic rings. The van der Waals surface area contributed by atoms with Crippen molar-refractivity contribution in [1.29, 1.82) is 0 Å². The number of ether oxygens (including phenoxy) is 1. The fourth-order valence-electron chi connectivity index (χ4n) is 1.62. The lowest BCUT2D eigenvalue weighted by Gasteiger charge is -2.10. The van der Waals surface area contributed by atoms with Crippen molar-refractivity contribution in [2.75, 3.05) is 6.61 Å². The van der Waals surface area contributed by atoms with E-state index in [2.05, 4.69) is 42.9 Å². The van der Waals surface area contributed by atoms with E-state index in [0.717, 1.165) is 27.5 Å². The molecule has 4 heteroatoms. The standard InChI is InChI=1S/C14H13Br2NO/c15-10-12-9-13(16)1-2-14(12)18-8-5-11-3-6-17-7-4-11/h1-4,6-7,9H,5,8,10H2. The summed E-state index contributed by atoms with van der Waals surface area (Å²) in [4.78, 5) is 4.00. The molecule has 0 radical (unpaired) electrons. The average molecular weight is 371 g/mol. The number of benzene rings is 1. The molecule has 0 aliphatic heterocycles. The van der Waals surface area contributed by atoms with E-state index in [-0.39, 0.29) is 0 Å². The zero-order valence-corrected chi connectivity index (χ0v) is 12.9. The Balaban J connectivity index is 1.94. The van der Waals surface area contributed by atoms with Gasteiger partial charge in [-0.25, -0.2) is 0 Å². The van der Waals surface area contributed by atoms with Crippen LogP contribution in [-0.2, 0) is 11.8 Å². The summed E-state index contributed by atoms with van der Waals surface area (Å²) in [7, 11) is 0. The third kappa shape index (κ3) is 3.82. The highest BCUT2D eigenvalue weighted by Crippen LogP contribution is 2.25. The van der Waals surface area contributed by atoms with Crippen molar-refractivity contribution in [3.63, 3.8) is 0 Å². The first-order valence-corrected chi connectivity index (χ1v) is 7.57. The minimum atomic E-state index is 0.672. The van der Waals surface area contributed by atoms with Crippen molar-refractivity contribution in [1.82, 2.24) is 4.98 Å². The Morgan fingerprint density at radius 1 is 1.11 bits per heavy atom. The van der Waals surface area contributed by atoms with Crippen LogP contribution in [0, 0.1) is 0 Å². The molecule has 0 fully saturated rings. The first-order chi connectivity index (χ1) is 8.79. The summed E-state index contributed by atoms with van der Waals surface area (Å²) >= 11 is 6.93. The molecule has 2 nitrogen and oxygen atoms in total. The molecule has 1 aromatic heterocycles. The second-order valence-electron chi connectivity index (χ2n) is 3.84. The largest absolute Gasteiger partial charge is 0.493 e. The zero-order valence-electron chi connectivity index (χ0n) is 9.77. The van der Waals surface area contributed by atoms with E-state index >= 15 is 0 Å². The van der Waals surface area contributed by atoms with Crippen LogP contribution in [0.2, 0.25) is 0 Å². The van der Waals surface area contributed by atoms with Crippen LogP contribution in [0.1, 0.15) is 11.1 Å². The van der Waals surface area contributed by atoms with Gasteiger partial charge in [-0.05, 0) is 35.9 Å². The smallest absolute Gasteiger partial charge is 0.123 e. The molecule has 1 heterocycles. The van der Waals surface area contributed by atoms with E-state index in [1.54, 1.807) is 12.4 Å². The van der Waals surface area contributed by atoms with Crippen LogP contribution in [0.15, 0.2) is 47.2 Å². The SMILES string of the molecule is BrCc1cc(Br)ccc1OCCc1ccncc1. The van der Waals surface area contributed by atoms with Crippen LogP contribution in [-0.4, -0.2) is 11.6 Å². The van der Waals surface area contributed by atoms with Gasteiger partial charge < -0.3 is 4.74 Å². The number of rotatable bonds is 5. The molecule has 0 saturated heterocycles. The maximum absolute atomic E-state index is 5.82. The van der Waals surface area contributed by atoms with Crippen LogP contribution >= 0.6 is 31.9 Å². The minimum absolute atomic E-state index is 0.672. The van der Waals surface area contributed by atoms with Gasteiger partial charge in [-0.2, -0.15) is 0 Å². The van der Waals surface area contributed by atoms with Crippen LogP contribution in [0.3, 0.4) is 0 Å². The van der Waals surface area contributed by atoms with E-state index in [1.165, 1.54) is 5.56 Å². The van der Waals surface area contributed by atoms with Gasteiger partial charge in [-0.3, -0.25) is 4.98 Å². The number of halogens is 2. The number of hydrogen-bond acceptors (Lipinski definition) is 2. The van der Waals surface area contributed by atoms with Gasteiger partial charge in [0, 0.05) is 34.2 Å². The highest BCUT2D eigenvalue weighted by Gasteiger charge is 2.03. The number of alkyl halides is 1. The quantitative estimate of drug-likeness (QED) is 0.729. The molecule has 94 valence electrons. The molecule has 0 unspecified atom stereocenters. The summed E-state index contributed by atoms with van der Waals surface area (Å²) in [5.74, 6) is 0.934. The monoisotopic (exact) mass is 369 g/mol. The molecule has 2 rings (SSSR count). The summed E-state index contributed by atoms with van der Waals surface area (Å²) in [5, 5.41) is 0.789. The van der Waals surface area contributed by atoms with Crippen molar-refractivity contribution < 1.29 is 4.74 Å². The third-order valence-electron chi connectivity index (χ3n) is 2.56. The summed E-state index contributed by atoms with van der Waals surface area (Å²) in [6, 6.07) is 10.1. The van der Waals surface area contributed by atoms with Crippen molar-refractivity contribution >= 4 is 31.9 Å². The maximum atomic E-state index is 5.82. The second kappa shape index (κ2) is 6.90. The Morgan fingerprint density at radius 2 is 1.89 bits per heavy atom. The molecule has 0 aliphatic carbocycles. The fourth-order valence-corrected chi connectivity index (χ4v) is 2.47. The lowest BCUT2D eigenvalue weighted by Crippen LogP contribution is -2.03. The second-order valence-corrected chi connectivity index (χ2v) is 5.32. The van der Waals surface area contributed by atoms with Gasteiger partial charge in [0.15, 0.2) is 0 Å². The van der Waals surface area contributed by atoms with Gasteiger partial charge in [0.25, 0.3) is 0 Å². The Morgan fingerprint density at radius 3 is 2.61 bits per heavy atom. The Bertz CT molecular complexity index is 502. The molecule has 0 bridgehead atoms. The number of aromatic nitrogens is 1. The van der Waals surface area contributed by atoms with E-state index < -0.39 is 0 Å². The lowest BCUT2D eigenvalue weighted by atomic mass is 10.2. The van der Waals surface area contributed by atoms with E-state index in [4.69, 9.17) is 4.74 Å². The molecule has 0 N–H and O–H groups in total. The fraction of sp³-hybridized carbons (Fsp3) is 0.214. The first-order valence-electron chi connectivity index (χ1n) is 5.65. The van der Waals surface area contributed by atoms with Gasteiger partial charge >= 0.3 is 0 Å². The zero-order chi connectivity index (χ0) is 12.8. The van der Waals surface area contributed by atoms with Gasteiger partial charge in [0.05, 0.1) is 6.61 Å². The first kappa shape index (κ1) is 13.6. The molecule has 0 spiro atoms. The molecule has 0 aliphatic rings. The summed E-state index contributed by atoms with van der Waals surface area (Å²) in [5.41, 5.74) is 2.39. The molecule has 1 aromatic carbocycles. The molecule has 0 saturated carbocycles. The predicted molar refractivity (Wildman–Crippen MR) is 80.2 cm³/mol. The Hall–Kier alpha value is -0.870. The van der Waals surface area contributed by atoms with Crippen LogP contribution in [0.4, 0.5) is 0 Å². The van der Waals surface area contributed by atoms with E-state index in [1.807, 2.05) is 24.3 Å². The lowest BCUT2D eigenvalue weighted by molar-refractivity contribution is 0.319. The normalized spacial score (nSPS) is 10.3. The summed E-state index contributed by atoms with van der Waals surface area (Å²) in [6.45, 7) is 0.672. The van der Waals surface area contributed by atoms with Crippen molar-refractivity contribution in [2.24, 2.45) is 0 Å². The van der Waals surface area contributed by atoms with Gasteiger partial charge in [-0.1, -0.05) is 31.9 Å². The molecular formula is C14H13Br2NO. The highest BCUT2D eigenvalue weighted by molar-refractivity contribution is 9.10. The number of hydrogen-bond donors (Lipinski definition) is 0. The van der Waals surface area contributed by atoms with Crippen molar-refractivity contribution in [2.45, 2.75) is 11.8 Å². The average Bonchev–Trinajstić information content (AvgIpc) is 2.41. The minimum Gasteiger partial charge on any atom is -0.493 e.